The summed E-state index contributed by atoms with van der Waals surface area (Å²) in [5, 5.41) is 6.66. The summed E-state index contributed by atoms with van der Waals surface area (Å²) >= 11 is 0. The van der Waals surface area contributed by atoms with Gasteiger partial charge in [0.05, 0.1) is 0 Å². The third-order valence-electron chi connectivity index (χ3n) is 3.26. The Morgan fingerprint density at radius 3 is 2.17 bits per heavy atom. The molecule has 0 fully saturated rings. The Morgan fingerprint density at radius 1 is 1.17 bits per heavy atom. The van der Waals surface area contributed by atoms with Crippen LogP contribution in [0, 0.1) is 6.92 Å². The zero-order valence-corrected chi connectivity index (χ0v) is 12.7. The van der Waals surface area contributed by atoms with Crippen LogP contribution in [0.4, 0.5) is 11.6 Å². The summed E-state index contributed by atoms with van der Waals surface area (Å²) in [6, 6.07) is 0. The molecule has 4 heteroatoms. The first kappa shape index (κ1) is 14.7. The van der Waals surface area contributed by atoms with Gasteiger partial charge in [-0.15, -0.1) is 0 Å². The van der Waals surface area contributed by atoms with Gasteiger partial charge >= 0.3 is 0 Å². The number of hydrogen-bond donors (Lipinski definition) is 2. The minimum Gasteiger partial charge on any atom is -0.373 e. The Morgan fingerprint density at radius 2 is 1.72 bits per heavy atom. The molecule has 1 aromatic heterocycles. The van der Waals surface area contributed by atoms with Crippen LogP contribution in [0.2, 0.25) is 0 Å². The molecule has 0 saturated heterocycles. The van der Waals surface area contributed by atoms with Crippen LogP contribution in [0.5, 0.6) is 0 Å². The van der Waals surface area contributed by atoms with E-state index in [-0.39, 0.29) is 5.54 Å². The van der Waals surface area contributed by atoms with E-state index in [0.717, 1.165) is 29.4 Å². The third-order valence-corrected chi connectivity index (χ3v) is 3.26. The van der Waals surface area contributed by atoms with Crippen molar-refractivity contribution in [3.05, 3.63) is 11.4 Å². The van der Waals surface area contributed by atoms with Gasteiger partial charge < -0.3 is 10.6 Å². The van der Waals surface area contributed by atoms with Gasteiger partial charge in [0, 0.05) is 24.1 Å². The van der Waals surface area contributed by atoms with Crippen molar-refractivity contribution in [2.24, 2.45) is 0 Å². The summed E-state index contributed by atoms with van der Waals surface area (Å²) in [6.45, 7) is 12.8. The molecule has 1 rings (SSSR count). The molecule has 1 aromatic rings. The average molecular weight is 250 g/mol. The lowest BCUT2D eigenvalue weighted by atomic mass is 10.0. The topological polar surface area (TPSA) is 49.8 Å². The Hall–Kier alpha value is -1.32. The summed E-state index contributed by atoms with van der Waals surface area (Å²) in [5.74, 6) is 3.04. The zero-order chi connectivity index (χ0) is 13.9. The predicted octanol–water partition coefficient (Wildman–Crippen LogP) is 3.55. The monoisotopic (exact) mass is 250 g/mol. The van der Waals surface area contributed by atoms with E-state index in [1.807, 2.05) is 14.0 Å². The van der Waals surface area contributed by atoms with Gasteiger partial charge in [0.25, 0.3) is 0 Å². The van der Waals surface area contributed by atoms with Crippen LogP contribution >= 0.6 is 0 Å². The van der Waals surface area contributed by atoms with Crippen molar-refractivity contribution >= 4 is 11.6 Å². The lowest BCUT2D eigenvalue weighted by Crippen LogP contribution is -2.31. The summed E-state index contributed by atoms with van der Waals surface area (Å²) in [6.07, 6.45) is 1.04. The number of aromatic nitrogens is 2. The fourth-order valence-electron chi connectivity index (χ4n) is 1.57. The van der Waals surface area contributed by atoms with Crippen molar-refractivity contribution in [3.63, 3.8) is 0 Å². The molecule has 0 aliphatic heterocycles. The number of anilines is 2. The minimum absolute atomic E-state index is 0.0401. The van der Waals surface area contributed by atoms with Crippen LogP contribution in [-0.2, 0) is 0 Å². The van der Waals surface area contributed by atoms with Gasteiger partial charge in [0.15, 0.2) is 0 Å². The van der Waals surface area contributed by atoms with E-state index in [9.17, 15) is 0 Å². The third kappa shape index (κ3) is 3.34. The number of nitrogens with one attached hydrogen (secondary N) is 2. The molecule has 2 N–H and O–H groups in total. The maximum absolute atomic E-state index is 4.65. The van der Waals surface area contributed by atoms with E-state index >= 15 is 0 Å². The first-order valence-corrected chi connectivity index (χ1v) is 6.65. The van der Waals surface area contributed by atoms with Crippen LogP contribution < -0.4 is 10.6 Å². The van der Waals surface area contributed by atoms with E-state index in [1.54, 1.807) is 0 Å². The fourth-order valence-corrected chi connectivity index (χ4v) is 1.57. The van der Waals surface area contributed by atoms with Crippen molar-refractivity contribution in [1.82, 2.24) is 9.97 Å². The first-order valence-electron chi connectivity index (χ1n) is 6.65. The molecular formula is C14H26N4. The molecule has 0 saturated carbocycles. The van der Waals surface area contributed by atoms with Crippen molar-refractivity contribution < 1.29 is 0 Å². The molecule has 0 aliphatic carbocycles. The largest absolute Gasteiger partial charge is 0.373 e. The lowest BCUT2D eigenvalue weighted by Gasteiger charge is -2.27. The smallest absolute Gasteiger partial charge is 0.135 e. The van der Waals surface area contributed by atoms with Gasteiger partial charge in [-0.1, -0.05) is 20.8 Å². The molecule has 0 bridgehead atoms. The van der Waals surface area contributed by atoms with E-state index in [2.05, 4.69) is 55.2 Å². The highest BCUT2D eigenvalue weighted by atomic mass is 15.1. The molecule has 0 aliphatic rings. The molecule has 18 heavy (non-hydrogen) atoms. The quantitative estimate of drug-likeness (QED) is 0.839. The van der Waals surface area contributed by atoms with Crippen molar-refractivity contribution in [3.8, 4) is 0 Å². The van der Waals surface area contributed by atoms with Gasteiger partial charge in [0.1, 0.15) is 17.5 Å². The van der Waals surface area contributed by atoms with Gasteiger partial charge in [-0.2, -0.15) is 0 Å². The molecule has 1 heterocycles. The van der Waals surface area contributed by atoms with E-state index in [0.29, 0.717) is 5.92 Å². The highest BCUT2D eigenvalue weighted by molar-refractivity contribution is 5.58. The van der Waals surface area contributed by atoms with E-state index in [1.165, 1.54) is 0 Å². The van der Waals surface area contributed by atoms with Crippen LogP contribution in [0.1, 0.15) is 58.3 Å². The Labute approximate surface area is 111 Å². The van der Waals surface area contributed by atoms with Gasteiger partial charge in [-0.3, -0.25) is 0 Å². The highest BCUT2D eigenvalue weighted by Crippen LogP contribution is 2.26. The van der Waals surface area contributed by atoms with Crippen molar-refractivity contribution in [2.75, 3.05) is 17.7 Å². The van der Waals surface area contributed by atoms with E-state index in [4.69, 9.17) is 0 Å². The molecule has 0 radical (unpaired) electrons. The first-order chi connectivity index (χ1) is 8.30. The average Bonchev–Trinajstić information content (AvgIpc) is 2.31. The number of hydrogen-bond acceptors (Lipinski definition) is 4. The summed E-state index contributed by atoms with van der Waals surface area (Å²) in [4.78, 5) is 9.20. The second-order valence-electron chi connectivity index (χ2n) is 5.67. The summed E-state index contributed by atoms with van der Waals surface area (Å²) in [7, 11) is 1.90. The highest BCUT2D eigenvalue weighted by Gasteiger charge is 2.19. The standard InChI is InChI=1S/C14H26N4/c1-8-14(5,6)18-13-10(4)12(15-7)16-11(17-13)9(2)3/h9H,8H2,1-7H3,(H2,15,16,17,18). The lowest BCUT2D eigenvalue weighted by molar-refractivity contribution is 0.543. The Bertz CT molecular complexity index is 411. The van der Waals surface area contributed by atoms with Gasteiger partial charge in [-0.25, -0.2) is 9.97 Å². The molecular weight excluding hydrogens is 224 g/mol. The summed E-state index contributed by atoms with van der Waals surface area (Å²) in [5.41, 5.74) is 1.11. The number of nitrogens with zero attached hydrogens (tertiary/aromatic N) is 2. The normalized spacial score (nSPS) is 11.8. The van der Waals surface area contributed by atoms with Gasteiger partial charge in [-0.05, 0) is 27.2 Å². The summed E-state index contributed by atoms with van der Waals surface area (Å²) < 4.78 is 0. The molecule has 102 valence electrons. The maximum atomic E-state index is 4.65. The maximum Gasteiger partial charge on any atom is 0.135 e. The zero-order valence-electron chi connectivity index (χ0n) is 12.7. The second-order valence-corrected chi connectivity index (χ2v) is 5.67. The fraction of sp³-hybridized carbons (Fsp3) is 0.714. The van der Waals surface area contributed by atoms with Crippen LogP contribution in [-0.4, -0.2) is 22.6 Å². The minimum atomic E-state index is 0.0401. The second kappa shape index (κ2) is 5.55. The van der Waals surface area contributed by atoms with Crippen LogP contribution in [0.3, 0.4) is 0 Å². The number of rotatable bonds is 5. The van der Waals surface area contributed by atoms with Crippen LogP contribution in [0.15, 0.2) is 0 Å². The molecule has 0 atom stereocenters. The molecule has 0 aromatic carbocycles. The molecule has 0 spiro atoms. The van der Waals surface area contributed by atoms with Crippen LogP contribution in [0.25, 0.3) is 0 Å². The van der Waals surface area contributed by atoms with Crippen molar-refractivity contribution in [2.45, 2.75) is 59.4 Å². The van der Waals surface area contributed by atoms with Crippen molar-refractivity contribution in [1.29, 1.82) is 0 Å². The van der Waals surface area contributed by atoms with Gasteiger partial charge in [0.2, 0.25) is 0 Å². The predicted molar refractivity (Wildman–Crippen MR) is 78.4 cm³/mol. The Balaban J connectivity index is 3.21. The van der Waals surface area contributed by atoms with E-state index < -0.39 is 0 Å². The SMILES string of the molecule is CCC(C)(C)Nc1nc(C(C)C)nc(NC)c1C. The molecule has 4 nitrogen and oxygen atoms in total. The molecule has 0 unspecified atom stereocenters. The Kier molecular flexibility index (Phi) is 4.54. The molecule has 0 amide bonds.